The standard InChI is InChI=1S/C17H22N2O4/c1-11(2)9-13(17(22)23)18-15(20)10-19-14-6-4-3-5-12(14)7-8-16(19)21/h3-6,11,13H,7-10H2,1-2H3,(H,18,20)(H,22,23)/t13-/m1/s1. The number of amides is 2. The largest absolute Gasteiger partial charge is 0.480 e. The lowest BCUT2D eigenvalue weighted by Gasteiger charge is -2.29. The fraction of sp³-hybridized carbons (Fsp3) is 0.471. The fourth-order valence-corrected chi connectivity index (χ4v) is 2.75. The molecule has 23 heavy (non-hydrogen) atoms. The molecule has 2 amide bonds. The van der Waals surface area contributed by atoms with Crippen molar-refractivity contribution in [3.8, 4) is 0 Å². The maximum absolute atomic E-state index is 12.2. The molecule has 2 N–H and O–H groups in total. The van der Waals surface area contributed by atoms with Crippen LogP contribution in [0.3, 0.4) is 0 Å². The SMILES string of the molecule is CC(C)C[C@@H](NC(=O)CN1C(=O)CCc2ccccc21)C(=O)O. The first-order valence-electron chi connectivity index (χ1n) is 7.79. The predicted octanol–water partition coefficient (Wildman–Crippen LogP) is 1.58. The number of carbonyl (C=O) groups excluding carboxylic acids is 2. The summed E-state index contributed by atoms with van der Waals surface area (Å²) in [5, 5.41) is 11.7. The van der Waals surface area contributed by atoms with E-state index in [9.17, 15) is 19.5 Å². The van der Waals surface area contributed by atoms with Gasteiger partial charge in [0.1, 0.15) is 12.6 Å². The van der Waals surface area contributed by atoms with Gasteiger partial charge in [0.2, 0.25) is 11.8 Å². The average molecular weight is 318 g/mol. The van der Waals surface area contributed by atoms with E-state index in [2.05, 4.69) is 5.32 Å². The highest BCUT2D eigenvalue weighted by Gasteiger charge is 2.27. The summed E-state index contributed by atoms with van der Waals surface area (Å²) in [6.07, 6.45) is 1.38. The molecule has 1 heterocycles. The third kappa shape index (κ3) is 4.31. The molecule has 1 aromatic rings. The summed E-state index contributed by atoms with van der Waals surface area (Å²) in [7, 11) is 0. The molecule has 0 aromatic heterocycles. The maximum atomic E-state index is 12.2. The Morgan fingerprint density at radius 2 is 1.96 bits per heavy atom. The molecule has 2 rings (SSSR count). The summed E-state index contributed by atoms with van der Waals surface area (Å²) in [6.45, 7) is 3.64. The van der Waals surface area contributed by atoms with Gasteiger partial charge in [0.05, 0.1) is 0 Å². The van der Waals surface area contributed by atoms with Crippen LogP contribution in [-0.2, 0) is 20.8 Å². The quantitative estimate of drug-likeness (QED) is 0.834. The Kier molecular flexibility index (Phi) is 5.36. The zero-order valence-electron chi connectivity index (χ0n) is 13.4. The zero-order chi connectivity index (χ0) is 17.0. The number of fused-ring (bicyclic) bond motifs is 1. The number of nitrogens with one attached hydrogen (secondary N) is 1. The minimum atomic E-state index is -1.06. The highest BCUT2D eigenvalue weighted by Crippen LogP contribution is 2.27. The maximum Gasteiger partial charge on any atom is 0.326 e. The van der Waals surface area contributed by atoms with E-state index in [-0.39, 0.29) is 18.4 Å². The van der Waals surface area contributed by atoms with Crippen LogP contribution < -0.4 is 10.2 Å². The van der Waals surface area contributed by atoms with Crippen LogP contribution in [0.5, 0.6) is 0 Å². The number of hydrogen-bond acceptors (Lipinski definition) is 3. The smallest absolute Gasteiger partial charge is 0.326 e. The molecule has 0 bridgehead atoms. The number of carboxylic acid groups (broad SMARTS) is 1. The van der Waals surface area contributed by atoms with Crippen molar-refractivity contribution in [2.24, 2.45) is 5.92 Å². The van der Waals surface area contributed by atoms with Crippen LogP contribution in [0.4, 0.5) is 5.69 Å². The number of para-hydroxylation sites is 1. The lowest BCUT2D eigenvalue weighted by molar-refractivity contribution is -0.142. The van der Waals surface area contributed by atoms with Crippen LogP contribution in [0.25, 0.3) is 0 Å². The number of benzene rings is 1. The van der Waals surface area contributed by atoms with E-state index in [4.69, 9.17) is 0 Å². The first-order chi connectivity index (χ1) is 10.9. The molecule has 0 fully saturated rings. The van der Waals surface area contributed by atoms with Crippen molar-refractivity contribution in [2.75, 3.05) is 11.4 Å². The monoisotopic (exact) mass is 318 g/mol. The second kappa shape index (κ2) is 7.26. The molecule has 6 nitrogen and oxygen atoms in total. The molecular formula is C17H22N2O4. The number of anilines is 1. The van der Waals surface area contributed by atoms with Gasteiger partial charge in [0, 0.05) is 12.1 Å². The van der Waals surface area contributed by atoms with Crippen LogP contribution in [0.2, 0.25) is 0 Å². The zero-order valence-corrected chi connectivity index (χ0v) is 13.4. The van der Waals surface area contributed by atoms with Gasteiger partial charge < -0.3 is 15.3 Å². The third-order valence-electron chi connectivity index (χ3n) is 3.83. The number of rotatable bonds is 6. The number of carboxylic acids is 1. The number of aliphatic carboxylic acids is 1. The van der Waals surface area contributed by atoms with Gasteiger partial charge in [-0.25, -0.2) is 4.79 Å². The lowest BCUT2D eigenvalue weighted by atomic mass is 10.0. The van der Waals surface area contributed by atoms with E-state index in [0.717, 1.165) is 11.3 Å². The van der Waals surface area contributed by atoms with Gasteiger partial charge in [-0.1, -0.05) is 32.0 Å². The van der Waals surface area contributed by atoms with Gasteiger partial charge in [-0.3, -0.25) is 9.59 Å². The van der Waals surface area contributed by atoms with Crippen LogP contribution >= 0.6 is 0 Å². The van der Waals surface area contributed by atoms with Gasteiger partial charge >= 0.3 is 5.97 Å². The molecule has 0 radical (unpaired) electrons. The number of hydrogen-bond donors (Lipinski definition) is 2. The second-order valence-electron chi connectivity index (χ2n) is 6.20. The Bertz CT molecular complexity index is 612. The Labute approximate surface area is 135 Å². The van der Waals surface area contributed by atoms with Crippen LogP contribution in [0, 0.1) is 5.92 Å². The topological polar surface area (TPSA) is 86.7 Å². The normalized spacial score (nSPS) is 15.3. The Morgan fingerprint density at radius 3 is 2.61 bits per heavy atom. The average Bonchev–Trinajstić information content (AvgIpc) is 2.49. The summed E-state index contributed by atoms with van der Waals surface area (Å²) in [5.74, 6) is -1.48. The van der Waals surface area contributed by atoms with Gasteiger partial charge in [-0.05, 0) is 30.4 Å². The molecule has 1 aliphatic heterocycles. The summed E-state index contributed by atoms with van der Waals surface area (Å²) in [4.78, 5) is 37.0. The summed E-state index contributed by atoms with van der Waals surface area (Å²) < 4.78 is 0. The van der Waals surface area contributed by atoms with Crippen molar-refractivity contribution in [1.82, 2.24) is 5.32 Å². The van der Waals surface area contributed by atoms with Crippen molar-refractivity contribution in [3.63, 3.8) is 0 Å². The second-order valence-corrected chi connectivity index (χ2v) is 6.20. The van der Waals surface area contributed by atoms with E-state index in [1.54, 1.807) is 0 Å². The highest BCUT2D eigenvalue weighted by atomic mass is 16.4. The molecular weight excluding hydrogens is 296 g/mol. The van der Waals surface area contributed by atoms with Gasteiger partial charge in [-0.2, -0.15) is 0 Å². The molecule has 0 saturated carbocycles. The molecule has 0 saturated heterocycles. The lowest BCUT2D eigenvalue weighted by Crippen LogP contribution is -2.48. The molecule has 0 unspecified atom stereocenters. The van der Waals surface area contributed by atoms with Crippen molar-refractivity contribution in [3.05, 3.63) is 29.8 Å². The number of nitrogens with zero attached hydrogens (tertiary/aromatic N) is 1. The highest BCUT2D eigenvalue weighted by molar-refractivity contribution is 6.01. The van der Waals surface area contributed by atoms with Crippen molar-refractivity contribution in [2.45, 2.75) is 39.2 Å². The van der Waals surface area contributed by atoms with E-state index >= 15 is 0 Å². The number of aryl methyl sites for hydroxylation is 1. The first-order valence-corrected chi connectivity index (χ1v) is 7.79. The first kappa shape index (κ1) is 17.0. The van der Waals surface area contributed by atoms with Gasteiger partial charge in [-0.15, -0.1) is 0 Å². The van der Waals surface area contributed by atoms with Crippen molar-refractivity contribution in [1.29, 1.82) is 0 Å². The summed E-state index contributed by atoms with van der Waals surface area (Å²) in [5.41, 5.74) is 1.76. The van der Waals surface area contributed by atoms with Gasteiger partial charge in [0.15, 0.2) is 0 Å². The molecule has 124 valence electrons. The van der Waals surface area contributed by atoms with Gasteiger partial charge in [0.25, 0.3) is 0 Å². The summed E-state index contributed by atoms with van der Waals surface area (Å²) in [6, 6.07) is 6.53. The molecule has 0 aliphatic carbocycles. The van der Waals surface area contributed by atoms with Crippen LogP contribution in [0.15, 0.2) is 24.3 Å². The van der Waals surface area contributed by atoms with Crippen LogP contribution in [-0.4, -0.2) is 35.5 Å². The molecule has 1 aromatic carbocycles. The Balaban J connectivity index is 2.07. The fourth-order valence-electron chi connectivity index (χ4n) is 2.75. The number of carbonyl (C=O) groups is 3. The molecule has 6 heteroatoms. The van der Waals surface area contributed by atoms with E-state index in [1.807, 2.05) is 38.1 Å². The Hall–Kier alpha value is -2.37. The van der Waals surface area contributed by atoms with E-state index in [0.29, 0.717) is 19.3 Å². The van der Waals surface area contributed by atoms with Crippen LogP contribution in [0.1, 0.15) is 32.3 Å². The predicted molar refractivity (Wildman–Crippen MR) is 86.1 cm³/mol. The van der Waals surface area contributed by atoms with Crippen molar-refractivity contribution < 1.29 is 19.5 Å². The third-order valence-corrected chi connectivity index (χ3v) is 3.83. The van der Waals surface area contributed by atoms with E-state index < -0.39 is 17.9 Å². The van der Waals surface area contributed by atoms with Crippen molar-refractivity contribution >= 4 is 23.5 Å². The summed E-state index contributed by atoms with van der Waals surface area (Å²) >= 11 is 0. The van der Waals surface area contributed by atoms with E-state index in [1.165, 1.54) is 4.90 Å². The molecule has 1 atom stereocenters. The minimum absolute atomic E-state index is 0.116. The molecule has 0 spiro atoms. The minimum Gasteiger partial charge on any atom is -0.480 e. The molecule has 1 aliphatic rings. The Morgan fingerprint density at radius 1 is 1.26 bits per heavy atom.